The molecular formula is C27H31NO6. The highest BCUT2D eigenvalue weighted by Crippen LogP contribution is 2.28. The van der Waals surface area contributed by atoms with E-state index >= 15 is 0 Å². The number of aryl methyl sites for hydroxylation is 2. The molecule has 0 spiro atoms. The molecule has 0 aliphatic heterocycles. The molecule has 1 saturated carbocycles. The van der Waals surface area contributed by atoms with E-state index < -0.39 is 5.97 Å². The lowest BCUT2D eigenvalue weighted by Crippen LogP contribution is -2.28. The molecule has 0 amide bonds. The second-order valence-electron chi connectivity index (χ2n) is 8.70. The van der Waals surface area contributed by atoms with Gasteiger partial charge < -0.3 is 23.7 Å². The lowest BCUT2D eigenvalue weighted by Gasteiger charge is -2.29. The monoisotopic (exact) mass is 465 g/mol. The first-order valence-electron chi connectivity index (χ1n) is 11.6. The fraction of sp³-hybridized carbons (Fsp3) is 0.407. The normalized spacial score (nSPS) is 18.1. The smallest absolute Gasteiger partial charge is 0.336 e. The number of oxazole rings is 1. The second kappa shape index (κ2) is 10.8. The summed E-state index contributed by atoms with van der Waals surface area (Å²) in [5, 5.41) is 9.53. The minimum Gasteiger partial charge on any atom is -0.497 e. The van der Waals surface area contributed by atoms with Crippen LogP contribution in [-0.2, 0) is 22.7 Å². The van der Waals surface area contributed by atoms with Gasteiger partial charge in [-0.3, -0.25) is 0 Å². The summed E-state index contributed by atoms with van der Waals surface area (Å²) < 4.78 is 23.5. The van der Waals surface area contributed by atoms with E-state index in [4.69, 9.17) is 18.6 Å². The zero-order valence-electron chi connectivity index (χ0n) is 19.9. The molecule has 34 heavy (non-hydrogen) atoms. The van der Waals surface area contributed by atoms with Crippen LogP contribution in [0.2, 0.25) is 0 Å². The van der Waals surface area contributed by atoms with Crippen LogP contribution in [0.3, 0.4) is 0 Å². The van der Waals surface area contributed by atoms with Gasteiger partial charge in [-0.15, -0.1) is 0 Å². The molecule has 1 fully saturated rings. The molecule has 4 rings (SSSR count). The summed E-state index contributed by atoms with van der Waals surface area (Å²) in [6, 6.07) is 13.1. The van der Waals surface area contributed by atoms with Crippen molar-refractivity contribution in [1.82, 2.24) is 4.98 Å². The van der Waals surface area contributed by atoms with Gasteiger partial charge in [0.1, 0.15) is 17.2 Å². The predicted molar refractivity (Wildman–Crippen MR) is 127 cm³/mol. The van der Waals surface area contributed by atoms with Gasteiger partial charge in [-0.05, 0) is 68.9 Å². The van der Waals surface area contributed by atoms with E-state index in [1.807, 2.05) is 56.3 Å². The van der Waals surface area contributed by atoms with Crippen molar-refractivity contribution in [2.45, 2.75) is 65.0 Å². The molecule has 1 aromatic heterocycles. The summed E-state index contributed by atoms with van der Waals surface area (Å²) in [5.41, 5.74) is 3.43. The lowest BCUT2D eigenvalue weighted by atomic mass is 9.94. The van der Waals surface area contributed by atoms with Crippen molar-refractivity contribution >= 4 is 5.97 Å². The maximum absolute atomic E-state index is 11.6. The van der Waals surface area contributed by atoms with Crippen LogP contribution in [0.4, 0.5) is 0 Å². The van der Waals surface area contributed by atoms with E-state index in [-0.39, 0.29) is 18.8 Å². The molecule has 0 unspecified atom stereocenters. The largest absolute Gasteiger partial charge is 0.497 e. The van der Waals surface area contributed by atoms with Crippen molar-refractivity contribution in [2.75, 3.05) is 7.11 Å². The minimum atomic E-state index is -0.919. The van der Waals surface area contributed by atoms with E-state index in [1.165, 1.54) is 0 Å². The van der Waals surface area contributed by atoms with Gasteiger partial charge in [-0.2, -0.15) is 0 Å². The molecule has 2 atom stereocenters. The number of nitrogens with zero attached hydrogens (tertiary/aromatic N) is 1. The maximum atomic E-state index is 11.6. The molecule has 7 nitrogen and oxygen atoms in total. The van der Waals surface area contributed by atoms with Crippen LogP contribution >= 0.6 is 0 Å². The highest BCUT2D eigenvalue weighted by Gasteiger charge is 2.25. The standard InChI is InChI=1S/C27H31NO6/c1-17-7-4-9-20(25(17)27(29)30)15-32-22-11-6-12-23(14-22)33-16-24-18(2)34-26(28-24)19-8-5-10-21(13-19)31-3/h4-5,7-10,13,22-23H,6,11-12,14-16H2,1-3H3,(H,29,30)/t22-,23+/m1/s1. The van der Waals surface area contributed by atoms with Crippen LogP contribution in [0, 0.1) is 13.8 Å². The first-order valence-corrected chi connectivity index (χ1v) is 11.6. The summed E-state index contributed by atoms with van der Waals surface area (Å²) in [6.07, 6.45) is 3.77. The van der Waals surface area contributed by atoms with Gasteiger partial charge in [0.15, 0.2) is 0 Å². The Morgan fingerprint density at radius 3 is 2.56 bits per heavy atom. The van der Waals surface area contributed by atoms with Crippen LogP contribution in [0.15, 0.2) is 46.9 Å². The zero-order chi connectivity index (χ0) is 24.1. The molecule has 180 valence electrons. The van der Waals surface area contributed by atoms with E-state index in [0.717, 1.165) is 54.0 Å². The third-order valence-corrected chi connectivity index (χ3v) is 6.29. The number of benzene rings is 2. The Morgan fingerprint density at radius 1 is 1.09 bits per heavy atom. The molecule has 1 N–H and O–H groups in total. The number of methoxy groups -OCH3 is 1. The highest BCUT2D eigenvalue weighted by molar-refractivity contribution is 5.91. The van der Waals surface area contributed by atoms with Gasteiger partial charge >= 0.3 is 5.97 Å². The molecule has 0 bridgehead atoms. The van der Waals surface area contributed by atoms with Crippen LogP contribution in [0.25, 0.3) is 11.5 Å². The molecule has 1 aliphatic carbocycles. The Balaban J connectivity index is 1.33. The average molecular weight is 466 g/mol. The predicted octanol–water partition coefficient (Wildman–Crippen LogP) is 5.71. The summed E-state index contributed by atoms with van der Waals surface area (Å²) in [4.78, 5) is 16.3. The highest BCUT2D eigenvalue weighted by atomic mass is 16.5. The van der Waals surface area contributed by atoms with Crippen LogP contribution in [-0.4, -0.2) is 35.4 Å². The molecular weight excluding hydrogens is 434 g/mol. The molecule has 1 heterocycles. The number of hydrogen-bond acceptors (Lipinski definition) is 6. The van der Waals surface area contributed by atoms with Gasteiger partial charge in [-0.25, -0.2) is 9.78 Å². The van der Waals surface area contributed by atoms with Gasteiger partial charge in [0.05, 0.1) is 38.1 Å². The Kier molecular flexibility index (Phi) is 7.65. The van der Waals surface area contributed by atoms with E-state index in [9.17, 15) is 9.90 Å². The average Bonchev–Trinajstić information content (AvgIpc) is 3.22. The van der Waals surface area contributed by atoms with E-state index in [0.29, 0.717) is 23.6 Å². The van der Waals surface area contributed by atoms with Crippen LogP contribution < -0.4 is 4.74 Å². The number of carboxylic acid groups (broad SMARTS) is 1. The first kappa shape index (κ1) is 24.0. The summed E-state index contributed by atoms with van der Waals surface area (Å²) in [5.74, 6) is 1.12. The lowest BCUT2D eigenvalue weighted by molar-refractivity contribution is -0.0564. The third-order valence-electron chi connectivity index (χ3n) is 6.29. The maximum Gasteiger partial charge on any atom is 0.336 e. The van der Waals surface area contributed by atoms with Crippen molar-refractivity contribution in [3.05, 3.63) is 70.6 Å². The van der Waals surface area contributed by atoms with Crippen molar-refractivity contribution in [2.24, 2.45) is 0 Å². The summed E-state index contributed by atoms with van der Waals surface area (Å²) >= 11 is 0. The number of carbonyl (C=O) groups is 1. The number of aromatic carboxylic acids is 1. The Bertz CT molecular complexity index is 1140. The second-order valence-corrected chi connectivity index (χ2v) is 8.70. The van der Waals surface area contributed by atoms with Crippen LogP contribution in [0.1, 0.15) is 58.6 Å². The van der Waals surface area contributed by atoms with Crippen LogP contribution in [0.5, 0.6) is 5.75 Å². The van der Waals surface area contributed by atoms with Crippen molar-refractivity contribution < 1.29 is 28.5 Å². The number of aromatic nitrogens is 1. The first-order chi connectivity index (χ1) is 16.4. The van der Waals surface area contributed by atoms with E-state index in [1.54, 1.807) is 7.11 Å². The fourth-order valence-corrected chi connectivity index (χ4v) is 4.41. The minimum absolute atomic E-state index is 0.0339. The van der Waals surface area contributed by atoms with E-state index in [2.05, 4.69) is 4.98 Å². The van der Waals surface area contributed by atoms with Crippen molar-refractivity contribution in [3.63, 3.8) is 0 Å². The van der Waals surface area contributed by atoms with Gasteiger partial charge in [0.25, 0.3) is 0 Å². The molecule has 3 aromatic rings. The SMILES string of the molecule is COc1cccc(-c2nc(CO[C@H]3CCC[C@@H](OCc4cccc(C)c4C(=O)O)C3)c(C)o2)c1. The Hall–Kier alpha value is -3.16. The van der Waals surface area contributed by atoms with Gasteiger partial charge in [0.2, 0.25) is 5.89 Å². The zero-order valence-corrected chi connectivity index (χ0v) is 19.9. The van der Waals surface area contributed by atoms with Gasteiger partial charge in [-0.1, -0.05) is 24.3 Å². The molecule has 2 aromatic carbocycles. The Labute approximate surface area is 199 Å². The number of hydrogen-bond donors (Lipinski definition) is 1. The quantitative estimate of drug-likeness (QED) is 0.433. The summed E-state index contributed by atoms with van der Waals surface area (Å²) in [6.45, 7) is 4.36. The van der Waals surface area contributed by atoms with Crippen molar-refractivity contribution in [3.8, 4) is 17.2 Å². The third kappa shape index (κ3) is 5.66. The molecule has 7 heteroatoms. The van der Waals surface area contributed by atoms with Crippen molar-refractivity contribution in [1.29, 1.82) is 0 Å². The number of carboxylic acids is 1. The summed E-state index contributed by atoms with van der Waals surface area (Å²) in [7, 11) is 1.63. The Morgan fingerprint density at radius 2 is 1.82 bits per heavy atom. The molecule has 0 radical (unpaired) electrons. The molecule has 0 saturated heterocycles. The number of rotatable bonds is 9. The topological polar surface area (TPSA) is 91.0 Å². The molecule has 1 aliphatic rings. The number of ether oxygens (including phenoxy) is 3. The fourth-order valence-electron chi connectivity index (χ4n) is 4.41. The van der Waals surface area contributed by atoms with Gasteiger partial charge in [0, 0.05) is 5.56 Å².